The Kier molecular flexibility index (Phi) is 4.86. The monoisotopic (exact) mass is 357 g/mol. The molecule has 0 saturated carbocycles. The highest BCUT2D eigenvalue weighted by molar-refractivity contribution is 9.10. The van der Waals surface area contributed by atoms with Gasteiger partial charge in [0.1, 0.15) is 0 Å². The standard InChI is InChI=1S/C14H10BrCl2NO/c15-13-7-11(17)5-6-12(13)14(19)18-8-9-1-3-10(16)4-2-9/h1-7H,8H2,(H,18,19). The van der Waals surface area contributed by atoms with Crippen LogP contribution < -0.4 is 5.32 Å². The van der Waals surface area contributed by atoms with Crippen LogP contribution in [0.4, 0.5) is 0 Å². The lowest BCUT2D eigenvalue weighted by Gasteiger charge is -2.07. The fourth-order valence-corrected chi connectivity index (χ4v) is 2.54. The lowest BCUT2D eigenvalue weighted by atomic mass is 10.2. The van der Waals surface area contributed by atoms with Gasteiger partial charge in [-0.1, -0.05) is 35.3 Å². The lowest BCUT2D eigenvalue weighted by Crippen LogP contribution is -2.23. The molecule has 0 fully saturated rings. The highest BCUT2D eigenvalue weighted by Gasteiger charge is 2.09. The van der Waals surface area contributed by atoms with Gasteiger partial charge in [-0.25, -0.2) is 0 Å². The Balaban J connectivity index is 2.03. The Morgan fingerprint density at radius 1 is 1.05 bits per heavy atom. The van der Waals surface area contributed by atoms with E-state index in [4.69, 9.17) is 23.2 Å². The summed E-state index contributed by atoms with van der Waals surface area (Å²) in [4.78, 5) is 12.0. The second-order valence-corrected chi connectivity index (χ2v) is 5.66. The van der Waals surface area contributed by atoms with Gasteiger partial charge >= 0.3 is 0 Å². The molecule has 0 spiro atoms. The third kappa shape index (κ3) is 3.96. The zero-order valence-electron chi connectivity index (χ0n) is 9.79. The van der Waals surface area contributed by atoms with Crippen molar-refractivity contribution in [1.29, 1.82) is 0 Å². The first-order valence-corrected chi connectivity index (χ1v) is 7.09. The average Bonchev–Trinajstić information content (AvgIpc) is 2.37. The van der Waals surface area contributed by atoms with Crippen LogP contribution in [-0.2, 0) is 6.54 Å². The highest BCUT2D eigenvalue weighted by atomic mass is 79.9. The number of hydrogen-bond acceptors (Lipinski definition) is 1. The normalized spacial score (nSPS) is 10.3. The van der Waals surface area contributed by atoms with Gasteiger partial charge in [0, 0.05) is 21.1 Å². The number of nitrogens with one attached hydrogen (secondary N) is 1. The Hall–Kier alpha value is -1.03. The van der Waals surface area contributed by atoms with Gasteiger partial charge in [0.2, 0.25) is 0 Å². The van der Waals surface area contributed by atoms with Crippen LogP contribution in [0, 0.1) is 0 Å². The average molecular weight is 359 g/mol. The van der Waals surface area contributed by atoms with E-state index in [1.165, 1.54) is 0 Å². The number of halogens is 3. The summed E-state index contributed by atoms with van der Waals surface area (Å²) >= 11 is 15.0. The van der Waals surface area contributed by atoms with Crippen molar-refractivity contribution in [3.8, 4) is 0 Å². The van der Waals surface area contributed by atoms with Crippen molar-refractivity contribution in [1.82, 2.24) is 5.32 Å². The molecule has 0 atom stereocenters. The molecule has 5 heteroatoms. The van der Waals surface area contributed by atoms with E-state index in [2.05, 4.69) is 21.2 Å². The Morgan fingerprint density at radius 2 is 1.68 bits per heavy atom. The first-order valence-electron chi connectivity index (χ1n) is 5.54. The van der Waals surface area contributed by atoms with E-state index < -0.39 is 0 Å². The molecule has 2 rings (SSSR count). The zero-order valence-corrected chi connectivity index (χ0v) is 12.9. The third-order valence-corrected chi connectivity index (χ3v) is 3.69. The van der Waals surface area contributed by atoms with Gasteiger partial charge < -0.3 is 5.32 Å². The minimum atomic E-state index is -0.154. The van der Waals surface area contributed by atoms with Crippen molar-refractivity contribution in [2.45, 2.75) is 6.54 Å². The molecule has 0 aliphatic rings. The van der Waals surface area contributed by atoms with Crippen LogP contribution in [0.1, 0.15) is 15.9 Å². The predicted molar refractivity (Wildman–Crippen MR) is 81.8 cm³/mol. The molecule has 0 aliphatic carbocycles. The number of rotatable bonds is 3. The number of carbonyl (C=O) groups excluding carboxylic acids is 1. The number of carbonyl (C=O) groups is 1. The van der Waals surface area contributed by atoms with Crippen LogP contribution in [-0.4, -0.2) is 5.91 Å². The maximum Gasteiger partial charge on any atom is 0.252 e. The van der Waals surface area contributed by atoms with Gasteiger partial charge in [0.25, 0.3) is 5.91 Å². The molecule has 0 bridgehead atoms. The van der Waals surface area contributed by atoms with Crippen molar-refractivity contribution in [3.63, 3.8) is 0 Å². The van der Waals surface area contributed by atoms with Gasteiger partial charge in [0.15, 0.2) is 0 Å². The van der Waals surface area contributed by atoms with Crippen LogP contribution in [0.25, 0.3) is 0 Å². The summed E-state index contributed by atoms with van der Waals surface area (Å²) in [5, 5.41) is 4.10. The molecule has 1 N–H and O–H groups in total. The summed E-state index contributed by atoms with van der Waals surface area (Å²) < 4.78 is 0.675. The lowest BCUT2D eigenvalue weighted by molar-refractivity contribution is 0.0950. The maximum absolute atomic E-state index is 12.0. The van der Waals surface area contributed by atoms with E-state index in [-0.39, 0.29) is 5.91 Å². The minimum Gasteiger partial charge on any atom is -0.348 e. The van der Waals surface area contributed by atoms with Gasteiger partial charge in [-0.2, -0.15) is 0 Å². The van der Waals surface area contributed by atoms with Gasteiger partial charge in [-0.05, 0) is 51.8 Å². The molecule has 0 saturated heterocycles. The van der Waals surface area contributed by atoms with E-state index in [0.29, 0.717) is 26.6 Å². The van der Waals surface area contributed by atoms with Crippen molar-refractivity contribution in [2.24, 2.45) is 0 Å². The number of amides is 1. The van der Waals surface area contributed by atoms with E-state index in [1.54, 1.807) is 30.3 Å². The smallest absolute Gasteiger partial charge is 0.252 e. The SMILES string of the molecule is O=C(NCc1ccc(Cl)cc1)c1ccc(Cl)cc1Br. The van der Waals surface area contributed by atoms with Gasteiger partial charge in [-0.15, -0.1) is 0 Å². The van der Waals surface area contributed by atoms with Crippen LogP contribution in [0.2, 0.25) is 10.0 Å². The molecule has 0 heterocycles. The summed E-state index contributed by atoms with van der Waals surface area (Å²) in [6, 6.07) is 12.4. The second-order valence-electron chi connectivity index (χ2n) is 3.93. The fraction of sp³-hybridized carbons (Fsp3) is 0.0714. The summed E-state index contributed by atoms with van der Waals surface area (Å²) in [6.07, 6.45) is 0. The third-order valence-electron chi connectivity index (χ3n) is 2.54. The molecule has 2 nitrogen and oxygen atoms in total. The summed E-state index contributed by atoms with van der Waals surface area (Å²) in [5.41, 5.74) is 1.54. The maximum atomic E-state index is 12.0. The Morgan fingerprint density at radius 3 is 2.32 bits per heavy atom. The fourth-order valence-electron chi connectivity index (χ4n) is 1.55. The van der Waals surface area contributed by atoms with Gasteiger partial charge in [0.05, 0.1) is 5.56 Å². The quantitative estimate of drug-likeness (QED) is 0.847. The predicted octanol–water partition coefficient (Wildman–Crippen LogP) is 4.69. The molecule has 0 aromatic heterocycles. The summed E-state index contributed by atoms with van der Waals surface area (Å²) in [7, 11) is 0. The van der Waals surface area contributed by atoms with Gasteiger partial charge in [-0.3, -0.25) is 4.79 Å². The van der Waals surface area contributed by atoms with Crippen molar-refractivity contribution in [3.05, 3.63) is 68.1 Å². The van der Waals surface area contributed by atoms with Crippen LogP contribution >= 0.6 is 39.1 Å². The first-order chi connectivity index (χ1) is 9.06. The van der Waals surface area contributed by atoms with Crippen LogP contribution in [0.3, 0.4) is 0 Å². The van der Waals surface area contributed by atoms with E-state index in [9.17, 15) is 4.79 Å². The second kappa shape index (κ2) is 6.42. The van der Waals surface area contributed by atoms with E-state index >= 15 is 0 Å². The molecule has 0 radical (unpaired) electrons. The molecule has 2 aromatic carbocycles. The van der Waals surface area contributed by atoms with Crippen molar-refractivity contribution in [2.75, 3.05) is 0 Å². The van der Waals surface area contributed by atoms with Crippen molar-refractivity contribution >= 4 is 45.0 Å². The largest absolute Gasteiger partial charge is 0.348 e. The minimum absolute atomic E-state index is 0.154. The molecule has 98 valence electrons. The summed E-state index contributed by atoms with van der Waals surface area (Å²) in [5.74, 6) is -0.154. The molecule has 2 aromatic rings. The van der Waals surface area contributed by atoms with Crippen LogP contribution in [0.15, 0.2) is 46.9 Å². The molecule has 1 amide bonds. The Bertz CT molecular complexity index is 599. The zero-order chi connectivity index (χ0) is 13.8. The number of hydrogen-bond donors (Lipinski definition) is 1. The van der Waals surface area contributed by atoms with Crippen LogP contribution in [0.5, 0.6) is 0 Å². The van der Waals surface area contributed by atoms with Crippen molar-refractivity contribution < 1.29 is 4.79 Å². The highest BCUT2D eigenvalue weighted by Crippen LogP contribution is 2.21. The molecular formula is C14H10BrCl2NO. The Labute approximate surface area is 129 Å². The summed E-state index contributed by atoms with van der Waals surface area (Å²) in [6.45, 7) is 0.449. The van der Waals surface area contributed by atoms with E-state index in [0.717, 1.165) is 5.56 Å². The molecule has 19 heavy (non-hydrogen) atoms. The topological polar surface area (TPSA) is 29.1 Å². The molecular weight excluding hydrogens is 349 g/mol. The number of benzene rings is 2. The molecule has 0 aliphatic heterocycles. The molecule has 0 unspecified atom stereocenters. The first kappa shape index (κ1) is 14.4. The van der Waals surface area contributed by atoms with E-state index in [1.807, 2.05) is 12.1 Å².